The summed E-state index contributed by atoms with van der Waals surface area (Å²) in [5.41, 5.74) is 2.81. The van der Waals surface area contributed by atoms with E-state index in [9.17, 15) is 0 Å². The van der Waals surface area contributed by atoms with E-state index in [1.54, 1.807) is 0 Å². The minimum Gasteiger partial charge on any atom is -0.396 e. The lowest BCUT2D eigenvalue weighted by Gasteiger charge is -2.10. The molecule has 0 aromatic heterocycles. The number of nitrogens with one attached hydrogen (secondary N) is 1. The molecule has 0 aliphatic carbocycles. The molecule has 0 spiro atoms. The van der Waals surface area contributed by atoms with Gasteiger partial charge < -0.3 is 10.4 Å². The van der Waals surface area contributed by atoms with Crippen LogP contribution in [0.15, 0.2) is 24.3 Å². The third-order valence-corrected chi connectivity index (χ3v) is 3.11. The van der Waals surface area contributed by atoms with Crippen LogP contribution in [0.5, 0.6) is 0 Å². The summed E-state index contributed by atoms with van der Waals surface area (Å²) in [5, 5.41) is 12.2. The number of hydrogen-bond donors (Lipinski definition) is 2. The molecule has 2 rings (SSSR count). The first-order valence-corrected chi connectivity index (χ1v) is 5.80. The molecule has 2 N–H and O–H groups in total. The van der Waals surface area contributed by atoms with Crippen LogP contribution in [0, 0.1) is 0 Å². The van der Waals surface area contributed by atoms with Crippen molar-refractivity contribution < 1.29 is 5.11 Å². The van der Waals surface area contributed by atoms with E-state index in [1.807, 2.05) is 0 Å². The molecule has 0 bridgehead atoms. The Balaban J connectivity index is 2.04. The topological polar surface area (TPSA) is 32.3 Å². The van der Waals surface area contributed by atoms with Gasteiger partial charge in [-0.25, -0.2) is 0 Å². The fraction of sp³-hybridized carbons (Fsp3) is 0.538. The highest BCUT2D eigenvalue weighted by molar-refractivity contribution is 5.27. The van der Waals surface area contributed by atoms with Crippen LogP contribution in [0.1, 0.15) is 29.9 Å². The first kappa shape index (κ1) is 10.7. The Morgan fingerprint density at radius 3 is 3.07 bits per heavy atom. The van der Waals surface area contributed by atoms with Crippen LogP contribution in [0.3, 0.4) is 0 Å². The Morgan fingerprint density at radius 1 is 1.40 bits per heavy atom. The number of aliphatic hydroxyl groups is 1. The zero-order chi connectivity index (χ0) is 10.5. The van der Waals surface area contributed by atoms with Crippen LogP contribution < -0.4 is 5.32 Å². The summed E-state index contributed by atoms with van der Waals surface area (Å²) in [5.74, 6) is 0.694. The predicted molar refractivity (Wildman–Crippen MR) is 62.1 cm³/mol. The van der Waals surface area contributed by atoms with Crippen molar-refractivity contribution in [3.63, 3.8) is 0 Å². The normalized spacial score (nSPS) is 20.7. The molecular weight excluding hydrogens is 186 g/mol. The average molecular weight is 205 g/mol. The first-order chi connectivity index (χ1) is 7.40. The lowest BCUT2D eigenvalue weighted by atomic mass is 9.95. The molecule has 1 aliphatic rings. The second kappa shape index (κ2) is 5.29. The second-order valence-electron chi connectivity index (χ2n) is 4.26. The lowest BCUT2D eigenvalue weighted by molar-refractivity contribution is 0.288. The van der Waals surface area contributed by atoms with Crippen molar-refractivity contribution in [1.82, 2.24) is 5.32 Å². The molecule has 0 amide bonds. The Kier molecular flexibility index (Phi) is 3.75. The number of aryl methyl sites for hydroxylation is 1. The van der Waals surface area contributed by atoms with Gasteiger partial charge in [-0.1, -0.05) is 24.3 Å². The Morgan fingerprint density at radius 2 is 2.33 bits per heavy atom. The van der Waals surface area contributed by atoms with E-state index in [4.69, 9.17) is 5.11 Å². The molecule has 15 heavy (non-hydrogen) atoms. The molecule has 1 fully saturated rings. The van der Waals surface area contributed by atoms with E-state index in [0.717, 1.165) is 25.9 Å². The maximum absolute atomic E-state index is 8.80. The van der Waals surface area contributed by atoms with Gasteiger partial charge in [0.05, 0.1) is 0 Å². The minimum absolute atomic E-state index is 0.287. The van der Waals surface area contributed by atoms with Crippen molar-refractivity contribution in [2.45, 2.75) is 25.2 Å². The highest BCUT2D eigenvalue weighted by Crippen LogP contribution is 2.23. The zero-order valence-electron chi connectivity index (χ0n) is 9.08. The highest BCUT2D eigenvalue weighted by Gasteiger charge is 2.16. The van der Waals surface area contributed by atoms with Gasteiger partial charge in [0, 0.05) is 13.2 Å². The fourth-order valence-electron chi connectivity index (χ4n) is 2.22. The summed E-state index contributed by atoms with van der Waals surface area (Å²) in [6, 6.07) is 8.81. The SMILES string of the molecule is OCCCc1cccc(C2CCNC2)c1. The van der Waals surface area contributed by atoms with Gasteiger partial charge in [-0.2, -0.15) is 0 Å². The molecule has 82 valence electrons. The first-order valence-electron chi connectivity index (χ1n) is 5.80. The molecule has 1 aromatic carbocycles. The van der Waals surface area contributed by atoms with Crippen molar-refractivity contribution >= 4 is 0 Å². The molecule has 1 aliphatic heterocycles. The maximum Gasteiger partial charge on any atom is 0.0434 e. The third-order valence-electron chi connectivity index (χ3n) is 3.11. The Bertz CT molecular complexity index is 305. The summed E-state index contributed by atoms with van der Waals surface area (Å²) in [6.07, 6.45) is 3.11. The van der Waals surface area contributed by atoms with Gasteiger partial charge >= 0.3 is 0 Å². The van der Waals surface area contributed by atoms with Crippen molar-refractivity contribution in [3.05, 3.63) is 35.4 Å². The van der Waals surface area contributed by atoms with Crippen LogP contribution >= 0.6 is 0 Å². The van der Waals surface area contributed by atoms with Gasteiger partial charge in [-0.15, -0.1) is 0 Å². The van der Waals surface area contributed by atoms with E-state index in [2.05, 4.69) is 29.6 Å². The van der Waals surface area contributed by atoms with Crippen molar-refractivity contribution in [2.24, 2.45) is 0 Å². The number of aliphatic hydroxyl groups excluding tert-OH is 1. The zero-order valence-corrected chi connectivity index (χ0v) is 9.08. The molecule has 0 saturated carbocycles. The number of hydrogen-bond acceptors (Lipinski definition) is 2. The minimum atomic E-state index is 0.287. The molecule has 0 radical (unpaired) electrons. The average Bonchev–Trinajstić information content (AvgIpc) is 2.80. The van der Waals surface area contributed by atoms with Gasteiger partial charge in [0.15, 0.2) is 0 Å². The van der Waals surface area contributed by atoms with Gasteiger partial charge in [0.25, 0.3) is 0 Å². The van der Waals surface area contributed by atoms with Crippen LogP contribution in [-0.4, -0.2) is 24.8 Å². The molecule has 2 heteroatoms. The third kappa shape index (κ3) is 2.80. The van der Waals surface area contributed by atoms with E-state index in [0.29, 0.717) is 5.92 Å². The maximum atomic E-state index is 8.80. The Hall–Kier alpha value is -0.860. The van der Waals surface area contributed by atoms with Gasteiger partial charge in [-0.05, 0) is 42.9 Å². The summed E-state index contributed by atoms with van der Waals surface area (Å²) in [7, 11) is 0. The smallest absolute Gasteiger partial charge is 0.0434 e. The van der Waals surface area contributed by atoms with Gasteiger partial charge in [0.2, 0.25) is 0 Å². The Labute approximate surface area is 91.3 Å². The van der Waals surface area contributed by atoms with Crippen LogP contribution in [-0.2, 0) is 6.42 Å². The standard InChI is InChI=1S/C13H19NO/c15-8-2-4-11-3-1-5-12(9-11)13-6-7-14-10-13/h1,3,5,9,13-15H,2,4,6-8,10H2. The molecule has 1 aromatic rings. The van der Waals surface area contributed by atoms with E-state index in [-0.39, 0.29) is 6.61 Å². The van der Waals surface area contributed by atoms with Crippen molar-refractivity contribution in [1.29, 1.82) is 0 Å². The monoisotopic (exact) mass is 205 g/mol. The van der Waals surface area contributed by atoms with E-state index < -0.39 is 0 Å². The molecule has 1 atom stereocenters. The summed E-state index contributed by atoms with van der Waals surface area (Å²) in [6.45, 7) is 2.55. The molecular formula is C13H19NO. The number of rotatable bonds is 4. The summed E-state index contributed by atoms with van der Waals surface area (Å²) < 4.78 is 0. The quantitative estimate of drug-likeness (QED) is 0.784. The van der Waals surface area contributed by atoms with Gasteiger partial charge in [0.1, 0.15) is 0 Å². The second-order valence-corrected chi connectivity index (χ2v) is 4.26. The largest absolute Gasteiger partial charge is 0.396 e. The highest BCUT2D eigenvalue weighted by atomic mass is 16.2. The molecule has 2 nitrogen and oxygen atoms in total. The molecule has 1 unspecified atom stereocenters. The van der Waals surface area contributed by atoms with Crippen LogP contribution in [0.2, 0.25) is 0 Å². The molecule has 1 saturated heterocycles. The lowest BCUT2D eigenvalue weighted by Crippen LogP contribution is -2.08. The van der Waals surface area contributed by atoms with Crippen LogP contribution in [0.25, 0.3) is 0 Å². The van der Waals surface area contributed by atoms with E-state index in [1.165, 1.54) is 17.5 Å². The molecule has 1 heterocycles. The van der Waals surface area contributed by atoms with Crippen molar-refractivity contribution in [2.75, 3.05) is 19.7 Å². The van der Waals surface area contributed by atoms with E-state index >= 15 is 0 Å². The predicted octanol–water partition coefficient (Wildman–Crippen LogP) is 1.69. The van der Waals surface area contributed by atoms with Gasteiger partial charge in [-0.3, -0.25) is 0 Å². The summed E-state index contributed by atoms with van der Waals surface area (Å²) in [4.78, 5) is 0. The van der Waals surface area contributed by atoms with Crippen LogP contribution in [0.4, 0.5) is 0 Å². The number of benzene rings is 1. The summed E-state index contributed by atoms with van der Waals surface area (Å²) >= 11 is 0. The van der Waals surface area contributed by atoms with Crippen molar-refractivity contribution in [3.8, 4) is 0 Å². The fourth-order valence-corrected chi connectivity index (χ4v) is 2.22.